The van der Waals surface area contributed by atoms with Crippen LogP contribution in [-0.4, -0.2) is 63.5 Å². The Labute approximate surface area is 118 Å². The van der Waals surface area contributed by atoms with E-state index < -0.39 is 0 Å². The molecule has 19 heavy (non-hydrogen) atoms. The third-order valence-electron chi connectivity index (χ3n) is 4.09. The normalized spacial score (nSPS) is 17.5. The number of methoxy groups -OCH3 is 1. The highest BCUT2D eigenvalue weighted by molar-refractivity contribution is 4.74. The Morgan fingerprint density at radius 2 is 1.89 bits per heavy atom. The summed E-state index contributed by atoms with van der Waals surface area (Å²) in [5, 5.41) is 3.67. The molecule has 1 aliphatic heterocycles. The minimum Gasteiger partial charge on any atom is -0.383 e. The Morgan fingerprint density at radius 1 is 1.21 bits per heavy atom. The Balaban J connectivity index is 2.25. The number of ether oxygens (including phenoxy) is 2. The van der Waals surface area contributed by atoms with Crippen LogP contribution in [0, 0.1) is 0 Å². The molecule has 0 amide bonds. The Kier molecular flexibility index (Phi) is 9.43. The Bertz CT molecular complexity index is 204. The first kappa shape index (κ1) is 16.9. The lowest BCUT2D eigenvalue weighted by molar-refractivity contribution is 0.0749. The van der Waals surface area contributed by atoms with Gasteiger partial charge in [-0.1, -0.05) is 13.8 Å². The van der Waals surface area contributed by atoms with E-state index in [1.54, 1.807) is 7.11 Å². The summed E-state index contributed by atoms with van der Waals surface area (Å²) in [7, 11) is 1.78. The molecule has 1 N–H and O–H groups in total. The summed E-state index contributed by atoms with van der Waals surface area (Å²) in [5.74, 6) is 0. The van der Waals surface area contributed by atoms with Crippen molar-refractivity contribution in [1.82, 2.24) is 10.2 Å². The van der Waals surface area contributed by atoms with Gasteiger partial charge in [0.2, 0.25) is 0 Å². The first-order chi connectivity index (χ1) is 9.31. The molecule has 1 saturated heterocycles. The summed E-state index contributed by atoms with van der Waals surface area (Å²) in [6, 6.07) is 1.34. The average Bonchev–Trinajstić information content (AvgIpc) is 2.46. The van der Waals surface area contributed by atoms with E-state index in [-0.39, 0.29) is 0 Å². The van der Waals surface area contributed by atoms with Gasteiger partial charge in [-0.3, -0.25) is 4.90 Å². The predicted octanol–water partition coefficient (Wildman–Crippen LogP) is 1.89. The number of nitrogens with one attached hydrogen (secondary N) is 1. The highest BCUT2D eigenvalue weighted by atomic mass is 16.5. The van der Waals surface area contributed by atoms with Crippen LogP contribution in [0.4, 0.5) is 0 Å². The second kappa shape index (κ2) is 10.6. The zero-order chi connectivity index (χ0) is 13.9. The van der Waals surface area contributed by atoms with Gasteiger partial charge in [0, 0.05) is 52.0 Å². The molecule has 0 aromatic heterocycles. The summed E-state index contributed by atoms with van der Waals surface area (Å²) in [4.78, 5) is 2.57. The fraction of sp³-hybridized carbons (Fsp3) is 1.00. The number of nitrogens with zero attached hydrogens (tertiary/aromatic N) is 1. The van der Waals surface area contributed by atoms with Crippen LogP contribution in [0.1, 0.15) is 39.5 Å². The van der Waals surface area contributed by atoms with Crippen LogP contribution < -0.4 is 5.32 Å². The second-order valence-corrected chi connectivity index (χ2v) is 5.34. The van der Waals surface area contributed by atoms with E-state index in [0.717, 1.165) is 52.3 Å². The average molecular weight is 272 g/mol. The molecule has 0 aromatic rings. The molecule has 0 saturated carbocycles. The molecule has 0 aromatic carbocycles. The number of hydrogen-bond acceptors (Lipinski definition) is 4. The predicted molar refractivity (Wildman–Crippen MR) is 79.7 cm³/mol. The van der Waals surface area contributed by atoms with Crippen LogP contribution in [0.5, 0.6) is 0 Å². The maximum absolute atomic E-state index is 5.39. The lowest BCUT2D eigenvalue weighted by atomic mass is 10.1. The fourth-order valence-electron chi connectivity index (χ4n) is 2.80. The summed E-state index contributed by atoms with van der Waals surface area (Å²) in [5.41, 5.74) is 0. The quantitative estimate of drug-likeness (QED) is 0.658. The van der Waals surface area contributed by atoms with Gasteiger partial charge in [-0.2, -0.15) is 0 Å². The van der Waals surface area contributed by atoms with Gasteiger partial charge in [0.15, 0.2) is 0 Å². The molecule has 1 aliphatic rings. The molecule has 114 valence electrons. The molecular formula is C15H32N2O2. The van der Waals surface area contributed by atoms with Crippen molar-refractivity contribution in [1.29, 1.82) is 0 Å². The molecule has 4 nitrogen and oxygen atoms in total. The molecule has 0 spiro atoms. The lowest BCUT2D eigenvalue weighted by Crippen LogP contribution is -2.44. The van der Waals surface area contributed by atoms with Crippen molar-refractivity contribution in [2.75, 3.05) is 46.6 Å². The van der Waals surface area contributed by atoms with Crippen LogP contribution in [0.25, 0.3) is 0 Å². The van der Waals surface area contributed by atoms with Crippen LogP contribution in [0.3, 0.4) is 0 Å². The Morgan fingerprint density at radius 3 is 2.47 bits per heavy atom. The largest absolute Gasteiger partial charge is 0.383 e. The first-order valence-corrected chi connectivity index (χ1v) is 7.85. The smallest absolute Gasteiger partial charge is 0.0589 e. The van der Waals surface area contributed by atoms with Gasteiger partial charge in [0.05, 0.1) is 6.61 Å². The maximum atomic E-state index is 5.39. The van der Waals surface area contributed by atoms with E-state index >= 15 is 0 Å². The van der Waals surface area contributed by atoms with Crippen LogP contribution in [0.2, 0.25) is 0 Å². The third-order valence-corrected chi connectivity index (χ3v) is 4.09. The van der Waals surface area contributed by atoms with E-state index in [1.807, 2.05) is 0 Å². The van der Waals surface area contributed by atoms with E-state index in [0.29, 0.717) is 12.1 Å². The van der Waals surface area contributed by atoms with Crippen molar-refractivity contribution >= 4 is 0 Å². The van der Waals surface area contributed by atoms with Gasteiger partial charge in [-0.15, -0.1) is 0 Å². The first-order valence-electron chi connectivity index (χ1n) is 7.85. The zero-order valence-corrected chi connectivity index (χ0v) is 13.0. The molecule has 1 fully saturated rings. The number of hydrogen-bond donors (Lipinski definition) is 1. The van der Waals surface area contributed by atoms with Gasteiger partial charge in [0.1, 0.15) is 0 Å². The van der Waals surface area contributed by atoms with E-state index in [1.165, 1.54) is 12.8 Å². The third kappa shape index (κ3) is 6.70. The summed E-state index contributed by atoms with van der Waals surface area (Å²) in [6.45, 7) is 10.4. The summed E-state index contributed by atoms with van der Waals surface area (Å²) < 4.78 is 10.6. The molecule has 1 rings (SSSR count). The molecule has 0 bridgehead atoms. The topological polar surface area (TPSA) is 33.7 Å². The van der Waals surface area contributed by atoms with Gasteiger partial charge in [-0.05, 0) is 25.7 Å². The van der Waals surface area contributed by atoms with Gasteiger partial charge in [-0.25, -0.2) is 0 Å². The standard InChI is InChI=1S/C15H32N2O2/c1-4-15(5-2)17(10-13-18-3)9-8-16-14-6-11-19-12-7-14/h14-16H,4-13H2,1-3H3. The van der Waals surface area contributed by atoms with Crippen molar-refractivity contribution < 1.29 is 9.47 Å². The molecular weight excluding hydrogens is 240 g/mol. The number of rotatable bonds is 10. The van der Waals surface area contributed by atoms with E-state index in [2.05, 4.69) is 24.1 Å². The van der Waals surface area contributed by atoms with Crippen LogP contribution in [0.15, 0.2) is 0 Å². The minimum atomic E-state index is 0.653. The SMILES string of the molecule is CCC(CC)N(CCNC1CCOCC1)CCOC. The summed E-state index contributed by atoms with van der Waals surface area (Å²) in [6.07, 6.45) is 4.75. The van der Waals surface area contributed by atoms with Gasteiger partial charge >= 0.3 is 0 Å². The van der Waals surface area contributed by atoms with Crippen molar-refractivity contribution in [2.24, 2.45) is 0 Å². The monoisotopic (exact) mass is 272 g/mol. The zero-order valence-electron chi connectivity index (χ0n) is 13.0. The van der Waals surface area contributed by atoms with E-state index in [4.69, 9.17) is 9.47 Å². The highest BCUT2D eigenvalue weighted by Gasteiger charge is 2.16. The second-order valence-electron chi connectivity index (χ2n) is 5.34. The minimum absolute atomic E-state index is 0.653. The molecule has 0 radical (unpaired) electrons. The fourth-order valence-corrected chi connectivity index (χ4v) is 2.80. The molecule has 0 atom stereocenters. The van der Waals surface area contributed by atoms with Crippen LogP contribution in [-0.2, 0) is 9.47 Å². The van der Waals surface area contributed by atoms with Crippen molar-refractivity contribution in [3.8, 4) is 0 Å². The van der Waals surface area contributed by atoms with Crippen molar-refractivity contribution in [3.63, 3.8) is 0 Å². The summed E-state index contributed by atoms with van der Waals surface area (Å²) >= 11 is 0. The van der Waals surface area contributed by atoms with Crippen LogP contribution >= 0.6 is 0 Å². The maximum Gasteiger partial charge on any atom is 0.0589 e. The molecule has 0 aliphatic carbocycles. The van der Waals surface area contributed by atoms with Gasteiger partial charge in [0.25, 0.3) is 0 Å². The van der Waals surface area contributed by atoms with E-state index in [9.17, 15) is 0 Å². The lowest BCUT2D eigenvalue weighted by Gasteiger charge is -2.31. The Hall–Kier alpha value is -0.160. The highest BCUT2D eigenvalue weighted by Crippen LogP contribution is 2.09. The molecule has 1 heterocycles. The van der Waals surface area contributed by atoms with Gasteiger partial charge < -0.3 is 14.8 Å². The molecule has 4 heteroatoms. The van der Waals surface area contributed by atoms with Crippen molar-refractivity contribution in [2.45, 2.75) is 51.6 Å². The molecule has 0 unspecified atom stereocenters. The van der Waals surface area contributed by atoms with Crippen molar-refractivity contribution in [3.05, 3.63) is 0 Å².